The lowest BCUT2D eigenvalue weighted by atomic mass is 9.79. The zero-order valence-electron chi connectivity index (χ0n) is 10.5. The van der Waals surface area contributed by atoms with Gasteiger partial charge in [0.15, 0.2) is 0 Å². The molecule has 0 saturated heterocycles. The van der Waals surface area contributed by atoms with Crippen LogP contribution in [0.1, 0.15) is 30.8 Å². The van der Waals surface area contributed by atoms with E-state index in [0.29, 0.717) is 23.0 Å². The third-order valence-electron chi connectivity index (χ3n) is 3.51. The fourth-order valence-electron chi connectivity index (χ4n) is 2.17. The van der Waals surface area contributed by atoms with E-state index in [2.05, 4.69) is 15.1 Å². The van der Waals surface area contributed by atoms with Gasteiger partial charge >= 0.3 is 0 Å². The topological polar surface area (TPSA) is 84.8 Å². The van der Waals surface area contributed by atoms with Crippen molar-refractivity contribution in [3.8, 4) is 17.5 Å². The molecule has 6 heteroatoms. The molecule has 3 rings (SSSR count). The van der Waals surface area contributed by atoms with Crippen LogP contribution < -0.4 is 0 Å². The van der Waals surface area contributed by atoms with Gasteiger partial charge in [-0.15, -0.1) is 0 Å². The molecule has 1 saturated carbocycles. The van der Waals surface area contributed by atoms with Crippen molar-refractivity contribution in [1.82, 2.24) is 15.1 Å². The SMILES string of the molecule is COC1(c2noc(-c3ccnc(C#N)c3)n2)CCC1. The highest BCUT2D eigenvalue weighted by atomic mass is 16.5. The van der Waals surface area contributed by atoms with Crippen LogP contribution >= 0.6 is 0 Å². The van der Waals surface area contributed by atoms with Crippen LogP contribution in [0, 0.1) is 11.3 Å². The Kier molecular flexibility index (Phi) is 2.76. The monoisotopic (exact) mass is 256 g/mol. The maximum absolute atomic E-state index is 8.83. The van der Waals surface area contributed by atoms with Gasteiger partial charge in [0, 0.05) is 18.9 Å². The summed E-state index contributed by atoms with van der Waals surface area (Å²) >= 11 is 0. The maximum Gasteiger partial charge on any atom is 0.258 e. The molecule has 1 aliphatic rings. The van der Waals surface area contributed by atoms with Crippen molar-refractivity contribution in [2.75, 3.05) is 7.11 Å². The minimum atomic E-state index is -0.396. The molecule has 0 unspecified atom stereocenters. The molecule has 0 spiro atoms. The second-order valence-electron chi connectivity index (χ2n) is 4.52. The molecular weight excluding hydrogens is 244 g/mol. The average Bonchev–Trinajstić information content (AvgIpc) is 2.88. The third kappa shape index (κ3) is 1.88. The second-order valence-corrected chi connectivity index (χ2v) is 4.52. The lowest BCUT2D eigenvalue weighted by molar-refractivity contribution is -0.0858. The minimum absolute atomic E-state index is 0.322. The highest BCUT2D eigenvalue weighted by molar-refractivity contribution is 5.54. The third-order valence-corrected chi connectivity index (χ3v) is 3.51. The van der Waals surface area contributed by atoms with Crippen molar-refractivity contribution in [2.45, 2.75) is 24.9 Å². The average molecular weight is 256 g/mol. The van der Waals surface area contributed by atoms with E-state index in [-0.39, 0.29) is 0 Å². The van der Waals surface area contributed by atoms with E-state index in [4.69, 9.17) is 14.5 Å². The zero-order chi connectivity index (χ0) is 13.3. The normalized spacial score (nSPS) is 16.6. The van der Waals surface area contributed by atoms with Gasteiger partial charge in [-0.2, -0.15) is 10.2 Å². The molecular formula is C13H12N4O2. The van der Waals surface area contributed by atoms with Gasteiger partial charge in [-0.3, -0.25) is 0 Å². The second kappa shape index (κ2) is 4.44. The molecule has 1 aliphatic carbocycles. The summed E-state index contributed by atoms with van der Waals surface area (Å²) in [6.07, 6.45) is 4.46. The number of methoxy groups -OCH3 is 1. The molecule has 6 nitrogen and oxygen atoms in total. The van der Waals surface area contributed by atoms with Gasteiger partial charge in [0.25, 0.3) is 5.89 Å². The van der Waals surface area contributed by atoms with Crippen molar-refractivity contribution in [3.63, 3.8) is 0 Å². The number of nitrogens with zero attached hydrogens (tertiary/aromatic N) is 4. The Morgan fingerprint density at radius 2 is 2.32 bits per heavy atom. The van der Waals surface area contributed by atoms with E-state index in [1.807, 2.05) is 6.07 Å². The molecule has 2 aromatic rings. The van der Waals surface area contributed by atoms with Gasteiger partial charge in [-0.05, 0) is 31.4 Å². The first-order valence-corrected chi connectivity index (χ1v) is 6.03. The molecule has 2 heterocycles. The molecule has 0 aromatic carbocycles. The van der Waals surface area contributed by atoms with Crippen LogP contribution in [0.15, 0.2) is 22.9 Å². The fraction of sp³-hybridized carbons (Fsp3) is 0.385. The lowest BCUT2D eigenvalue weighted by Gasteiger charge is -2.37. The number of hydrogen-bond acceptors (Lipinski definition) is 6. The zero-order valence-corrected chi connectivity index (χ0v) is 10.5. The van der Waals surface area contributed by atoms with Crippen molar-refractivity contribution >= 4 is 0 Å². The Balaban J connectivity index is 1.95. The standard InChI is InChI=1S/C13H12N4O2/c1-18-13(4-2-5-13)12-16-11(19-17-12)9-3-6-15-10(7-9)8-14/h3,6-7H,2,4-5H2,1H3. The number of rotatable bonds is 3. The number of pyridine rings is 1. The predicted octanol–water partition coefficient (Wildman–Crippen LogP) is 2.03. The predicted molar refractivity (Wildman–Crippen MR) is 64.8 cm³/mol. The summed E-state index contributed by atoms with van der Waals surface area (Å²) in [7, 11) is 1.66. The molecule has 0 atom stereocenters. The quantitative estimate of drug-likeness (QED) is 0.835. The Morgan fingerprint density at radius 1 is 1.47 bits per heavy atom. The molecule has 96 valence electrons. The molecule has 0 N–H and O–H groups in total. The van der Waals surface area contributed by atoms with E-state index in [9.17, 15) is 0 Å². The van der Waals surface area contributed by atoms with Crippen LogP contribution in [-0.2, 0) is 10.3 Å². The summed E-state index contributed by atoms with van der Waals surface area (Å²) in [5.41, 5.74) is 0.616. The summed E-state index contributed by atoms with van der Waals surface area (Å²) in [6, 6.07) is 5.34. The van der Waals surface area contributed by atoms with E-state index in [0.717, 1.165) is 19.3 Å². The maximum atomic E-state index is 8.83. The number of aromatic nitrogens is 3. The Bertz CT molecular complexity index is 635. The Morgan fingerprint density at radius 3 is 2.95 bits per heavy atom. The van der Waals surface area contributed by atoms with Gasteiger partial charge < -0.3 is 9.26 Å². The summed E-state index contributed by atoms with van der Waals surface area (Å²) in [6.45, 7) is 0. The first-order chi connectivity index (χ1) is 9.27. The van der Waals surface area contributed by atoms with Crippen molar-refractivity contribution < 1.29 is 9.26 Å². The van der Waals surface area contributed by atoms with E-state index in [1.165, 1.54) is 0 Å². The molecule has 0 radical (unpaired) electrons. The highest BCUT2D eigenvalue weighted by Gasteiger charge is 2.43. The summed E-state index contributed by atoms with van der Waals surface area (Å²) < 4.78 is 10.8. The lowest BCUT2D eigenvalue weighted by Crippen LogP contribution is -2.37. The summed E-state index contributed by atoms with van der Waals surface area (Å²) in [5.74, 6) is 0.962. The molecule has 0 bridgehead atoms. The van der Waals surface area contributed by atoms with E-state index >= 15 is 0 Å². The van der Waals surface area contributed by atoms with Crippen LogP contribution in [0.5, 0.6) is 0 Å². The van der Waals surface area contributed by atoms with Crippen LogP contribution in [-0.4, -0.2) is 22.2 Å². The number of hydrogen-bond donors (Lipinski definition) is 0. The van der Waals surface area contributed by atoms with E-state index in [1.54, 1.807) is 25.4 Å². The van der Waals surface area contributed by atoms with Gasteiger partial charge in [-0.25, -0.2) is 4.98 Å². The van der Waals surface area contributed by atoms with Crippen molar-refractivity contribution in [2.24, 2.45) is 0 Å². The first kappa shape index (κ1) is 11.8. The Labute approximate surface area is 110 Å². The van der Waals surface area contributed by atoms with Gasteiger partial charge in [-0.1, -0.05) is 5.16 Å². The molecule has 0 aliphatic heterocycles. The Hall–Kier alpha value is -2.26. The minimum Gasteiger partial charge on any atom is -0.370 e. The van der Waals surface area contributed by atoms with Gasteiger partial charge in [0.05, 0.1) is 0 Å². The number of ether oxygens (including phenoxy) is 1. The van der Waals surface area contributed by atoms with Crippen molar-refractivity contribution in [3.05, 3.63) is 29.8 Å². The summed E-state index contributed by atoms with van der Waals surface area (Å²) in [4.78, 5) is 8.29. The molecule has 19 heavy (non-hydrogen) atoms. The first-order valence-electron chi connectivity index (χ1n) is 6.03. The molecule has 2 aromatic heterocycles. The molecule has 1 fully saturated rings. The number of nitriles is 1. The van der Waals surface area contributed by atoms with Gasteiger partial charge in [0.2, 0.25) is 5.82 Å². The van der Waals surface area contributed by atoms with E-state index < -0.39 is 5.60 Å². The summed E-state index contributed by atoms with van der Waals surface area (Å²) in [5, 5.41) is 12.8. The fourth-order valence-corrected chi connectivity index (χ4v) is 2.17. The van der Waals surface area contributed by atoms with Crippen LogP contribution in [0.3, 0.4) is 0 Å². The largest absolute Gasteiger partial charge is 0.370 e. The van der Waals surface area contributed by atoms with Crippen LogP contribution in [0.25, 0.3) is 11.5 Å². The molecule has 0 amide bonds. The van der Waals surface area contributed by atoms with Crippen molar-refractivity contribution in [1.29, 1.82) is 5.26 Å². The highest BCUT2D eigenvalue weighted by Crippen LogP contribution is 2.43. The smallest absolute Gasteiger partial charge is 0.258 e. The van der Waals surface area contributed by atoms with Crippen LogP contribution in [0.2, 0.25) is 0 Å². The van der Waals surface area contributed by atoms with Gasteiger partial charge in [0.1, 0.15) is 17.4 Å². The van der Waals surface area contributed by atoms with Crippen LogP contribution in [0.4, 0.5) is 0 Å².